The molecular formula is C14H18FNO4S. The van der Waals surface area contributed by atoms with Crippen molar-refractivity contribution in [3.8, 4) is 0 Å². The first-order chi connectivity index (χ1) is 9.65. The van der Waals surface area contributed by atoms with E-state index in [0.29, 0.717) is 0 Å². The average molecular weight is 315 g/mol. The zero-order chi connectivity index (χ0) is 15.8. The number of halogens is 1. The molecule has 0 atom stereocenters. The Kier molecular flexibility index (Phi) is 4.08. The average Bonchev–Trinajstić information content (AvgIpc) is 2.77. The van der Waals surface area contributed by atoms with Gasteiger partial charge in [-0.1, -0.05) is 12.8 Å². The van der Waals surface area contributed by atoms with Crippen LogP contribution in [-0.4, -0.2) is 25.0 Å². The van der Waals surface area contributed by atoms with E-state index in [2.05, 4.69) is 4.72 Å². The Morgan fingerprint density at radius 3 is 2.43 bits per heavy atom. The molecule has 1 fully saturated rings. The first kappa shape index (κ1) is 15.9. The molecule has 1 aromatic rings. The minimum absolute atomic E-state index is 0.00755. The second kappa shape index (κ2) is 5.38. The van der Waals surface area contributed by atoms with Crippen LogP contribution in [0.1, 0.15) is 48.5 Å². The summed E-state index contributed by atoms with van der Waals surface area (Å²) in [5.74, 6) is -2.40. The van der Waals surface area contributed by atoms with Gasteiger partial charge in [-0.05, 0) is 44.4 Å². The molecule has 116 valence electrons. The molecule has 0 bridgehead atoms. The van der Waals surface area contributed by atoms with Crippen LogP contribution in [0.2, 0.25) is 0 Å². The first-order valence-electron chi connectivity index (χ1n) is 6.72. The second-order valence-corrected chi connectivity index (χ2v) is 7.46. The molecule has 2 rings (SSSR count). The van der Waals surface area contributed by atoms with Gasteiger partial charge < -0.3 is 5.11 Å². The zero-order valence-electron chi connectivity index (χ0n) is 11.9. The highest BCUT2D eigenvalue weighted by Crippen LogP contribution is 2.31. The lowest BCUT2D eigenvalue weighted by Gasteiger charge is -2.25. The van der Waals surface area contributed by atoms with Crippen molar-refractivity contribution in [3.63, 3.8) is 0 Å². The minimum Gasteiger partial charge on any atom is -0.478 e. The molecule has 1 aromatic carbocycles. The molecule has 1 saturated carbocycles. The number of carboxylic acid groups (broad SMARTS) is 1. The van der Waals surface area contributed by atoms with Crippen LogP contribution >= 0.6 is 0 Å². The highest BCUT2D eigenvalue weighted by molar-refractivity contribution is 7.89. The molecular weight excluding hydrogens is 297 g/mol. The van der Waals surface area contributed by atoms with Crippen LogP contribution < -0.4 is 4.72 Å². The highest BCUT2D eigenvalue weighted by atomic mass is 32.2. The van der Waals surface area contributed by atoms with Gasteiger partial charge in [-0.3, -0.25) is 0 Å². The van der Waals surface area contributed by atoms with E-state index >= 15 is 0 Å². The normalized spacial score (nSPS) is 17.9. The Balaban J connectivity index is 2.43. The smallest absolute Gasteiger partial charge is 0.338 e. The SMILES string of the molecule is Cc1cc(S(=O)(=O)NC2(C)CCCC2)cc(C(=O)O)c1F. The third kappa shape index (κ3) is 3.24. The number of sulfonamides is 1. The van der Waals surface area contributed by atoms with E-state index in [1.54, 1.807) is 0 Å². The van der Waals surface area contributed by atoms with Gasteiger partial charge in [0.25, 0.3) is 0 Å². The van der Waals surface area contributed by atoms with Gasteiger partial charge in [-0.15, -0.1) is 0 Å². The lowest BCUT2D eigenvalue weighted by atomic mass is 10.0. The quantitative estimate of drug-likeness (QED) is 0.894. The fraction of sp³-hybridized carbons (Fsp3) is 0.500. The molecule has 1 aliphatic carbocycles. The van der Waals surface area contributed by atoms with E-state index in [4.69, 9.17) is 5.11 Å². The van der Waals surface area contributed by atoms with Crippen molar-refractivity contribution >= 4 is 16.0 Å². The Bertz CT molecular complexity index is 678. The van der Waals surface area contributed by atoms with Gasteiger partial charge >= 0.3 is 5.97 Å². The third-order valence-electron chi connectivity index (χ3n) is 3.86. The summed E-state index contributed by atoms with van der Waals surface area (Å²) in [5, 5.41) is 8.96. The molecule has 21 heavy (non-hydrogen) atoms. The van der Waals surface area contributed by atoms with Crippen LogP contribution in [-0.2, 0) is 10.0 Å². The first-order valence-corrected chi connectivity index (χ1v) is 8.20. The van der Waals surface area contributed by atoms with Crippen LogP contribution in [0.15, 0.2) is 17.0 Å². The standard InChI is InChI=1S/C14H18FNO4S/c1-9-7-10(8-11(12(9)15)13(17)18)21(19,20)16-14(2)5-3-4-6-14/h7-8,16H,3-6H2,1-2H3,(H,17,18). The third-order valence-corrected chi connectivity index (χ3v) is 5.47. The van der Waals surface area contributed by atoms with Gasteiger partial charge in [-0.2, -0.15) is 0 Å². The highest BCUT2D eigenvalue weighted by Gasteiger charge is 2.34. The Morgan fingerprint density at radius 1 is 1.33 bits per heavy atom. The summed E-state index contributed by atoms with van der Waals surface area (Å²) in [6.45, 7) is 3.17. The van der Waals surface area contributed by atoms with Gasteiger partial charge in [-0.25, -0.2) is 22.3 Å². The van der Waals surface area contributed by atoms with Gasteiger partial charge in [0, 0.05) is 5.54 Å². The summed E-state index contributed by atoms with van der Waals surface area (Å²) in [5.41, 5.74) is -1.16. The molecule has 7 heteroatoms. The van der Waals surface area contributed by atoms with Gasteiger partial charge in [0.15, 0.2) is 0 Å². The Labute approximate surface area is 123 Å². The van der Waals surface area contributed by atoms with Gasteiger partial charge in [0.2, 0.25) is 10.0 Å². The number of aryl methyl sites for hydroxylation is 1. The summed E-state index contributed by atoms with van der Waals surface area (Å²) >= 11 is 0. The number of carboxylic acids is 1. The van der Waals surface area contributed by atoms with Crippen LogP contribution in [0.3, 0.4) is 0 Å². The summed E-state index contributed by atoms with van der Waals surface area (Å²) < 4.78 is 41.1. The van der Waals surface area contributed by atoms with E-state index in [-0.39, 0.29) is 10.5 Å². The fourth-order valence-electron chi connectivity index (χ4n) is 2.69. The number of carbonyl (C=O) groups is 1. The summed E-state index contributed by atoms with van der Waals surface area (Å²) in [4.78, 5) is 10.8. The maximum absolute atomic E-state index is 13.7. The molecule has 0 heterocycles. The van der Waals surface area contributed by atoms with Crippen molar-refractivity contribution in [1.29, 1.82) is 0 Å². The topological polar surface area (TPSA) is 83.5 Å². The van der Waals surface area contributed by atoms with Crippen molar-refractivity contribution in [2.45, 2.75) is 50.0 Å². The van der Waals surface area contributed by atoms with E-state index in [0.717, 1.165) is 37.8 Å². The zero-order valence-corrected chi connectivity index (χ0v) is 12.8. The maximum Gasteiger partial charge on any atom is 0.338 e. The molecule has 0 amide bonds. The van der Waals surface area contributed by atoms with Gasteiger partial charge in [0.05, 0.1) is 10.5 Å². The number of rotatable bonds is 4. The van der Waals surface area contributed by atoms with Crippen molar-refractivity contribution in [2.24, 2.45) is 0 Å². The number of hydrogen-bond acceptors (Lipinski definition) is 3. The van der Waals surface area contributed by atoms with Crippen LogP contribution in [0, 0.1) is 12.7 Å². The van der Waals surface area contributed by atoms with E-state index in [1.165, 1.54) is 6.92 Å². The lowest BCUT2D eigenvalue weighted by Crippen LogP contribution is -2.43. The Morgan fingerprint density at radius 2 is 1.90 bits per heavy atom. The molecule has 0 aliphatic heterocycles. The molecule has 1 aliphatic rings. The minimum atomic E-state index is -3.88. The molecule has 0 radical (unpaired) electrons. The van der Waals surface area contributed by atoms with Crippen LogP contribution in [0.5, 0.6) is 0 Å². The van der Waals surface area contributed by atoms with E-state index < -0.39 is 32.9 Å². The van der Waals surface area contributed by atoms with E-state index in [1.807, 2.05) is 6.92 Å². The molecule has 0 saturated heterocycles. The summed E-state index contributed by atoms with van der Waals surface area (Å²) in [6.07, 6.45) is 3.36. The number of nitrogens with one attached hydrogen (secondary N) is 1. The molecule has 2 N–H and O–H groups in total. The lowest BCUT2D eigenvalue weighted by molar-refractivity contribution is 0.0691. The molecule has 0 aromatic heterocycles. The summed E-state index contributed by atoms with van der Waals surface area (Å²) in [7, 11) is -3.88. The van der Waals surface area contributed by atoms with Crippen LogP contribution in [0.4, 0.5) is 4.39 Å². The number of aromatic carboxylic acids is 1. The number of benzene rings is 1. The largest absolute Gasteiger partial charge is 0.478 e. The van der Waals surface area contributed by atoms with Crippen molar-refractivity contribution < 1.29 is 22.7 Å². The maximum atomic E-state index is 13.7. The molecule has 0 unspecified atom stereocenters. The predicted molar refractivity (Wildman–Crippen MR) is 75.3 cm³/mol. The van der Waals surface area contributed by atoms with E-state index in [9.17, 15) is 17.6 Å². The monoisotopic (exact) mass is 315 g/mol. The predicted octanol–water partition coefficient (Wildman–Crippen LogP) is 2.44. The van der Waals surface area contributed by atoms with Crippen molar-refractivity contribution in [2.75, 3.05) is 0 Å². The second-order valence-electron chi connectivity index (χ2n) is 5.78. The molecule has 0 spiro atoms. The summed E-state index contributed by atoms with van der Waals surface area (Å²) in [6, 6.07) is 2.02. The van der Waals surface area contributed by atoms with Gasteiger partial charge in [0.1, 0.15) is 5.82 Å². The van der Waals surface area contributed by atoms with Crippen molar-refractivity contribution in [3.05, 3.63) is 29.1 Å². The molecule has 5 nitrogen and oxygen atoms in total. The number of hydrogen-bond donors (Lipinski definition) is 2. The Hall–Kier alpha value is -1.47. The fourth-order valence-corrected chi connectivity index (χ4v) is 4.26. The van der Waals surface area contributed by atoms with Crippen molar-refractivity contribution in [1.82, 2.24) is 4.72 Å². The van der Waals surface area contributed by atoms with Crippen LogP contribution in [0.25, 0.3) is 0 Å².